The van der Waals surface area contributed by atoms with Crippen molar-refractivity contribution in [3.63, 3.8) is 0 Å². The summed E-state index contributed by atoms with van der Waals surface area (Å²) in [7, 11) is 3.07. The molecule has 0 unspecified atom stereocenters. The Balaban J connectivity index is 2.02. The van der Waals surface area contributed by atoms with E-state index in [9.17, 15) is 4.79 Å². The number of nitrogens with one attached hydrogen (secondary N) is 3. The molecule has 1 aliphatic rings. The van der Waals surface area contributed by atoms with Crippen molar-refractivity contribution >= 4 is 56.5 Å². The molecule has 0 spiro atoms. The first kappa shape index (κ1) is 21.4. The number of hydrogen-bond acceptors (Lipinski definition) is 4. The maximum Gasteiger partial charge on any atom is 0.255 e. The zero-order valence-electron chi connectivity index (χ0n) is 15.9. The van der Waals surface area contributed by atoms with Crippen molar-refractivity contribution in [3.8, 4) is 11.5 Å². The van der Waals surface area contributed by atoms with Crippen LogP contribution in [0.3, 0.4) is 0 Å². The molecule has 1 aliphatic heterocycles. The van der Waals surface area contributed by atoms with Crippen molar-refractivity contribution in [3.05, 3.63) is 62.7 Å². The Kier molecular flexibility index (Phi) is 6.66. The van der Waals surface area contributed by atoms with Gasteiger partial charge in [0.15, 0.2) is 16.6 Å². The molecule has 9 heteroatoms. The van der Waals surface area contributed by atoms with Crippen molar-refractivity contribution in [1.29, 1.82) is 0 Å². The largest absolute Gasteiger partial charge is 0.493 e. The highest BCUT2D eigenvalue weighted by atomic mass is 79.9. The number of carbonyl (C=O) groups is 1. The minimum absolute atomic E-state index is 0.275. The first-order valence-electron chi connectivity index (χ1n) is 8.60. The molecule has 2 aromatic rings. The summed E-state index contributed by atoms with van der Waals surface area (Å²) in [6, 6.07) is 10.2. The van der Waals surface area contributed by atoms with Gasteiger partial charge in [0.1, 0.15) is 0 Å². The van der Waals surface area contributed by atoms with Crippen LogP contribution in [0.5, 0.6) is 11.5 Å². The molecule has 0 saturated carbocycles. The fraction of sp³-hybridized carbons (Fsp3) is 0.200. The summed E-state index contributed by atoms with van der Waals surface area (Å²) in [5.41, 5.74) is 2.42. The van der Waals surface area contributed by atoms with E-state index in [1.165, 1.54) is 14.2 Å². The topological polar surface area (TPSA) is 71.6 Å². The fourth-order valence-corrected chi connectivity index (χ4v) is 3.85. The van der Waals surface area contributed by atoms with Gasteiger partial charge in [0.2, 0.25) is 0 Å². The van der Waals surface area contributed by atoms with E-state index in [4.69, 9.17) is 33.3 Å². The number of thiocarbonyl (C=S) groups is 1. The van der Waals surface area contributed by atoms with Gasteiger partial charge in [-0.05, 0) is 49.5 Å². The molecule has 2 aromatic carbocycles. The number of rotatable bonds is 5. The van der Waals surface area contributed by atoms with Crippen molar-refractivity contribution in [2.45, 2.75) is 13.0 Å². The van der Waals surface area contributed by atoms with Crippen LogP contribution in [0.1, 0.15) is 18.5 Å². The molecule has 0 fully saturated rings. The molecule has 0 radical (unpaired) electrons. The zero-order valence-corrected chi connectivity index (χ0v) is 19.1. The normalized spacial score (nSPS) is 16.0. The van der Waals surface area contributed by atoms with Crippen LogP contribution in [0.15, 0.2) is 52.1 Å². The van der Waals surface area contributed by atoms with Crippen LogP contribution >= 0.6 is 39.7 Å². The molecule has 6 nitrogen and oxygen atoms in total. The van der Waals surface area contributed by atoms with E-state index in [1.54, 1.807) is 19.1 Å². The third-order valence-corrected chi connectivity index (χ3v) is 5.51. The molecule has 152 valence electrons. The number of carbonyl (C=O) groups excluding carboxylic acids is 1. The van der Waals surface area contributed by atoms with E-state index in [0.29, 0.717) is 44.2 Å². The minimum Gasteiger partial charge on any atom is -0.493 e. The van der Waals surface area contributed by atoms with Crippen LogP contribution in [0.4, 0.5) is 5.69 Å². The average Bonchev–Trinajstić information content (AvgIpc) is 2.68. The lowest BCUT2D eigenvalue weighted by atomic mass is 9.94. The number of halogens is 2. The van der Waals surface area contributed by atoms with Crippen molar-refractivity contribution in [1.82, 2.24) is 10.6 Å². The zero-order chi connectivity index (χ0) is 21.1. The molecule has 0 bridgehead atoms. The van der Waals surface area contributed by atoms with E-state index in [0.717, 1.165) is 4.47 Å². The quantitative estimate of drug-likeness (QED) is 0.528. The minimum atomic E-state index is -0.563. The van der Waals surface area contributed by atoms with Crippen molar-refractivity contribution in [2.75, 3.05) is 19.5 Å². The lowest BCUT2D eigenvalue weighted by Crippen LogP contribution is -2.45. The predicted octanol–water partition coefficient (Wildman–Crippen LogP) is 4.55. The summed E-state index contributed by atoms with van der Waals surface area (Å²) < 4.78 is 11.6. The third kappa shape index (κ3) is 4.66. The van der Waals surface area contributed by atoms with Crippen LogP contribution < -0.4 is 25.4 Å². The molecule has 3 N–H and O–H groups in total. The Morgan fingerprint density at radius 3 is 2.41 bits per heavy atom. The van der Waals surface area contributed by atoms with Gasteiger partial charge in [-0.15, -0.1) is 0 Å². The van der Waals surface area contributed by atoms with Gasteiger partial charge in [-0.1, -0.05) is 27.5 Å². The van der Waals surface area contributed by atoms with Gasteiger partial charge in [0.25, 0.3) is 5.91 Å². The molecule has 3 rings (SSSR count). The SMILES string of the molecule is COc1cc(Cl)c([C@H]2NC(=S)NC(C)=C2C(=O)Nc2ccc(Br)cc2)cc1OC. The number of methoxy groups -OCH3 is 2. The molecule has 29 heavy (non-hydrogen) atoms. The Bertz CT molecular complexity index is 995. The second kappa shape index (κ2) is 9.02. The fourth-order valence-electron chi connectivity index (χ4n) is 3.05. The average molecular weight is 497 g/mol. The van der Waals surface area contributed by atoms with Gasteiger partial charge in [-0.3, -0.25) is 4.79 Å². The Labute approximate surface area is 187 Å². The highest BCUT2D eigenvalue weighted by Crippen LogP contribution is 2.39. The lowest BCUT2D eigenvalue weighted by Gasteiger charge is -2.31. The number of hydrogen-bond donors (Lipinski definition) is 3. The van der Waals surface area contributed by atoms with Gasteiger partial charge >= 0.3 is 0 Å². The monoisotopic (exact) mass is 495 g/mol. The summed E-state index contributed by atoms with van der Waals surface area (Å²) in [6.45, 7) is 1.80. The Morgan fingerprint density at radius 1 is 1.17 bits per heavy atom. The predicted molar refractivity (Wildman–Crippen MR) is 122 cm³/mol. The number of benzene rings is 2. The van der Waals surface area contributed by atoms with E-state index >= 15 is 0 Å². The summed E-state index contributed by atoms with van der Waals surface area (Å²) in [5, 5.41) is 9.88. The molecule has 0 saturated heterocycles. The molecule has 1 amide bonds. The van der Waals surface area contributed by atoms with Gasteiger partial charge < -0.3 is 25.4 Å². The van der Waals surface area contributed by atoms with Gasteiger partial charge in [-0.25, -0.2) is 0 Å². The van der Waals surface area contributed by atoms with E-state index in [2.05, 4.69) is 31.9 Å². The first-order chi connectivity index (χ1) is 13.8. The second-order valence-corrected chi connectivity index (χ2v) is 7.99. The molecular weight excluding hydrogens is 478 g/mol. The smallest absolute Gasteiger partial charge is 0.255 e. The number of amides is 1. The lowest BCUT2D eigenvalue weighted by molar-refractivity contribution is -0.113. The van der Waals surface area contributed by atoms with Gasteiger partial charge in [0, 0.05) is 27.5 Å². The van der Waals surface area contributed by atoms with Crippen LogP contribution in [-0.4, -0.2) is 25.2 Å². The molecular formula is C20H19BrClN3O3S. The van der Waals surface area contributed by atoms with Crippen LogP contribution in [0.2, 0.25) is 5.02 Å². The highest BCUT2D eigenvalue weighted by molar-refractivity contribution is 9.10. The third-order valence-electron chi connectivity index (χ3n) is 4.43. The molecule has 0 aliphatic carbocycles. The summed E-state index contributed by atoms with van der Waals surface area (Å²) in [5.74, 6) is 0.728. The van der Waals surface area contributed by atoms with Gasteiger partial charge in [0.05, 0.1) is 30.9 Å². The second-order valence-electron chi connectivity index (χ2n) is 6.26. The van der Waals surface area contributed by atoms with Crippen LogP contribution in [-0.2, 0) is 4.79 Å². The highest BCUT2D eigenvalue weighted by Gasteiger charge is 2.32. The number of allylic oxidation sites excluding steroid dienone is 1. The summed E-state index contributed by atoms with van der Waals surface area (Å²) in [6.07, 6.45) is 0. The van der Waals surface area contributed by atoms with Crippen LogP contribution in [0, 0.1) is 0 Å². The number of anilines is 1. The Morgan fingerprint density at radius 2 is 1.79 bits per heavy atom. The molecule has 1 atom stereocenters. The molecule has 0 aromatic heterocycles. The van der Waals surface area contributed by atoms with Crippen LogP contribution in [0.25, 0.3) is 0 Å². The van der Waals surface area contributed by atoms with Crippen molar-refractivity contribution in [2.24, 2.45) is 0 Å². The van der Waals surface area contributed by atoms with E-state index in [1.807, 2.05) is 24.3 Å². The Hall–Kier alpha value is -2.29. The van der Waals surface area contributed by atoms with Gasteiger partial charge in [-0.2, -0.15) is 0 Å². The van der Waals surface area contributed by atoms with E-state index < -0.39 is 6.04 Å². The standard InChI is InChI=1S/C20H19BrClN3O3S/c1-10-17(19(26)24-12-6-4-11(21)5-7-12)18(25-20(29)23-10)13-8-15(27-2)16(28-3)9-14(13)22/h4-9,18H,1-3H3,(H,24,26)(H2,23,25,29)/t18-/m1/s1. The van der Waals surface area contributed by atoms with Crippen molar-refractivity contribution < 1.29 is 14.3 Å². The summed E-state index contributed by atoms with van der Waals surface area (Å²) in [4.78, 5) is 13.1. The maximum atomic E-state index is 13.1. The maximum absolute atomic E-state index is 13.1. The molecule has 1 heterocycles. The van der Waals surface area contributed by atoms with E-state index in [-0.39, 0.29) is 5.91 Å². The number of ether oxygens (including phenoxy) is 2. The summed E-state index contributed by atoms with van der Waals surface area (Å²) >= 11 is 15.2. The first-order valence-corrected chi connectivity index (χ1v) is 10.2.